The fourth-order valence-corrected chi connectivity index (χ4v) is 17.5. The molecule has 0 bridgehead atoms. The molecule has 398 valence electrons. The molecule has 2 heterocycles. The summed E-state index contributed by atoms with van der Waals surface area (Å²) in [6, 6.07) is 25.1. The van der Waals surface area contributed by atoms with E-state index in [1.807, 2.05) is 11.3 Å². The Morgan fingerprint density at radius 3 is 2.08 bits per heavy atom. The van der Waals surface area contributed by atoms with Crippen LogP contribution in [0.3, 0.4) is 0 Å². The highest BCUT2D eigenvalue weighted by atomic mass is 32.1. The second kappa shape index (κ2) is 17.2. The first-order valence-electron chi connectivity index (χ1n) is 29.8. The molecule has 76 heavy (non-hydrogen) atoms. The third-order valence-corrected chi connectivity index (χ3v) is 22.6. The first-order valence-corrected chi connectivity index (χ1v) is 30.6. The number of benzene rings is 4. The van der Waals surface area contributed by atoms with E-state index < -0.39 is 0 Å². The summed E-state index contributed by atoms with van der Waals surface area (Å²) >= 11 is 1.97. The van der Waals surface area contributed by atoms with Crippen LogP contribution in [0.4, 0.5) is 17.1 Å². The summed E-state index contributed by atoms with van der Waals surface area (Å²) in [6.07, 6.45) is 19.7. The van der Waals surface area contributed by atoms with Crippen molar-refractivity contribution in [1.82, 2.24) is 0 Å². The van der Waals surface area contributed by atoms with Crippen LogP contribution in [0.25, 0.3) is 26.2 Å². The molecule has 12 rings (SSSR count). The topological polar surface area (TPSA) is 16.4 Å². The van der Waals surface area contributed by atoms with Crippen LogP contribution in [-0.2, 0) is 22.7 Å². The summed E-state index contributed by atoms with van der Waals surface area (Å²) in [7, 11) is 2.27. The largest absolute Gasteiger partial charge is 0.470 e. The first kappa shape index (κ1) is 52.2. The second-order valence-electron chi connectivity index (χ2n) is 30.6. The maximum absolute atomic E-state index is 7.27. The molecular weight excluding hydrogens is 938 g/mol. The Kier molecular flexibility index (Phi) is 11.8. The highest BCUT2D eigenvalue weighted by Crippen LogP contribution is 2.63. The minimum absolute atomic E-state index is 0.0532. The lowest BCUT2D eigenvalue weighted by Gasteiger charge is -2.52. The number of nitrogens with zero attached hydrogens (tertiary/aromatic N) is 1. The highest BCUT2D eigenvalue weighted by Gasteiger charge is 2.51. The number of allylic oxidation sites excluding steroid dienone is 5. The zero-order valence-corrected chi connectivity index (χ0v) is 51.0. The van der Waals surface area contributed by atoms with Crippen molar-refractivity contribution in [2.24, 2.45) is 33.5 Å². The van der Waals surface area contributed by atoms with Crippen molar-refractivity contribution in [2.45, 2.75) is 210 Å². The van der Waals surface area contributed by atoms with Gasteiger partial charge in [-0.2, -0.15) is 0 Å². The number of thiophene rings is 1. The number of furan rings is 1. The van der Waals surface area contributed by atoms with Crippen LogP contribution < -0.4 is 10.6 Å². The van der Waals surface area contributed by atoms with Crippen LogP contribution in [0.2, 0.25) is 0 Å². The van der Waals surface area contributed by atoms with Crippen LogP contribution in [0.5, 0.6) is 0 Å². The van der Waals surface area contributed by atoms with Crippen molar-refractivity contribution < 1.29 is 4.42 Å². The molecule has 0 spiro atoms. The van der Waals surface area contributed by atoms with Gasteiger partial charge in [0, 0.05) is 33.4 Å². The van der Waals surface area contributed by atoms with Crippen molar-refractivity contribution in [3.63, 3.8) is 0 Å². The molecule has 0 saturated heterocycles. The van der Waals surface area contributed by atoms with Gasteiger partial charge in [0.2, 0.25) is 0 Å². The van der Waals surface area contributed by atoms with Gasteiger partial charge >= 0.3 is 0 Å². The van der Waals surface area contributed by atoms with Crippen molar-refractivity contribution in [2.75, 3.05) is 4.90 Å². The highest BCUT2D eigenvalue weighted by molar-refractivity contribution is 7.26. The van der Waals surface area contributed by atoms with Crippen LogP contribution in [0.15, 0.2) is 94.0 Å². The third kappa shape index (κ3) is 8.18. The Bertz CT molecular complexity index is 3490. The Labute approximate surface area is 463 Å². The average molecular weight is 1030 g/mol. The zero-order chi connectivity index (χ0) is 54.2. The molecule has 4 heteroatoms. The number of anilines is 3. The molecule has 0 radical (unpaired) electrons. The molecule has 0 aliphatic heterocycles. The number of hydrogen-bond acceptors (Lipinski definition) is 3. The molecule has 2 aromatic heterocycles. The summed E-state index contributed by atoms with van der Waals surface area (Å²) in [5.74, 6) is 2.59. The van der Waals surface area contributed by atoms with E-state index in [4.69, 9.17) is 4.42 Å². The molecule has 0 N–H and O–H groups in total. The smallest absolute Gasteiger partial charge is 0.189 e. The Balaban J connectivity index is 1.10. The molecule has 2 nitrogen and oxygen atoms in total. The standard InChI is InChI=1S/C72H90BNOS/c1-41-33-49-46(24-21-43-22-25-52-53(35-43)68(8,9)28-27-67(52,6)7)48-39-55-54(69(10,11)29-30-70(55,12)13)37-44(48)36-50(49)58(34-41)74(57-20-18-19-47-51-38-45(66(3,4)5)23-26-60(51)76-64(47)57)63-61-42(2)62-56(40-59(61)75-65(63)73)71(14,15)31-32-72(62,16)17/h18-20,23,25-26,33-35,37-40,42-43,46,62H,21-22,24,27-32,36,73H2,1-17H3. The van der Waals surface area contributed by atoms with E-state index in [2.05, 4.69) is 209 Å². The van der Waals surface area contributed by atoms with Crippen LogP contribution in [0.1, 0.15) is 236 Å². The van der Waals surface area contributed by atoms with Gasteiger partial charge in [0.1, 0.15) is 5.76 Å². The molecule has 0 amide bonds. The van der Waals surface area contributed by atoms with E-state index in [-0.39, 0.29) is 49.7 Å². The van der Waals surface area contributed by atoms with Gasteiger partial charge in [-0.3, -0.25) is 0 Å². The van der Waals surface area contributed by atoms with Gasteiger partial charge in [-0.1, -0.05) is 165 Å². The minimum atomic E-state index is 0.0532. The predicted octanol–water partition coefficient (Wildman–Crippen LogP) is 19.8. The minimum Gasteiger partial charge on any atom is -0.470 e. The Morgan fingerprint density at radius 1 is 0.697 bits per heavy atom. The summed E-state index contributed by atoms with van der Waals surface area (Å²) in [6.45, 7) is 42.1. The van der Waals surface area contributed by atoms with E-state index in [0.717, 1.165) is 30.7 Å². The summed E-state index contributed by atoms with van der Waals surface area (Å²) in [5.41, 5.74) is 24.2. The van der Waals surface area contributed by atoms with Gasteiger partial charge in [0.25, 0.3) is 0 Å². The predicted molar refractivity (Wildman–Crippen MR) is 331 cm³/mol. The normalized spacial score (nSPS) is 25.2. The van der Waals surface area contributed by atoms with E-state index in [9.17, 15) is 0 Å². The van der Waals surface area contributed by atoms with E-state index in [1.165, 1.54) is 110 Å². The van der Waals surface area contributed by atoms with Crippen molar-refractivity contribution in [3.8, 4) is 0 Å². The quantitative estimate of drug-likeness (QED) is 0.155. The van der Waals surface area contributed by atoms with E-state index in [1.54, 1.807) is 39.0 Å². The second-order valence-corrected chi connectivity index (χ2v) is 31.6. The summed E-state index contributed by atoms with van der Waals surface area (Å²) in [4.78, 5) is 2.76. The van der Waals surface area contributed by atoms with Crippen LogP contribution in [-0.4, -0.2) is 7.85 Å². The Morgan fingerprint density at radius 2 is 1.37 bits per heavy atom. The van der Waals surface area contributed by atoms with Crippen LogP contribution >= 0.6 is 11.3 Å². The van der Waals surface area contributed by atoms with Gasteiger partial charge in [-0.05, 0) is 206 Å². The molecular formula is C72H90BNOS. The lowest BCUT2D eigenvalue weighted by molar-refractivity contribution is 0.106. The molecule has 4 atom stereocenters. The molecule has 2 saturated carbocycles. The SMILES string of the molecule is Bc1oc2c(c1N(c1cc(C)cc3c1Cc1cc4c(cc1C3CCC1C=C3C(=CC1)C(C)(C)CCC3(C)C)C(C)(C)CCC4(C)C)c1cccc3c1sc1ccc(C(C)(C)C)cc13)C(C)C1C(=C2)C(C)(C)CCC1(C)C. The van der Waals surface area contributed by atoms with E-state index >= 15 is 0 Å². The molecule has 6 aromatic rings. The van der Waals surface area contributed by atoms with Gasteiger partial charge < -0.3 is 9.32 Å². The monoisotopic (exact) mass is 1030 g/mol. The molecule has 4 aromatic carbocycles. The number of fused-ring (bicyclic) bond motifs is 9. The fraction of sp³-hybridized carbons (Fsp3) is 0.528. The Hall–Kier alpha value is -4.54. The maximum Gasteiger partial charge on any atom is 0.189 e. The average Bonchev–Trinajstić information content (AvgIpc) is 3.90. The lowest BCUT2D eigenvalue weighted by atomic mass is 9.52. The number of hydrogen-bond donors (Lipinski definition) is 0. The maximum atomic E-state index is 7.27. The van der Waals surface area contributed by atoms with Gasteiger partial charge in [-0.25, -0.2) is 0 Å². The summed E-state index contributed by atoms with van der Waals surface area (Å²) < 4.78 is 9.97. The number of aryl methyl sites for hydroxylation is 1. The summed E-state index contributed by atoms with van der Waals surface area (Å²) in [5, 5.41) is 2.71. The lowest BCUT2D eigenvalue weighted by Crippen LogP contribution is -2.42. The van der Waals surface area contributed by atoms with Gasteiger partial charge in [-0.15, -0.1) is 11.3 Å². The first-order chi connectivity index (χ1) is 35.5. The van der Waals surface area contributed by atoms with Crippen molar-refractivity contribution >= 4 is 68.2 Å². The van der Waals surface area contributed by atoms with Gasteiger partial charge in [0.05, 0.1) is 27.4 Å². The van der Waals surface area contributed by atoms with Crippen molar-refractivity contribution in [1.29, 1.82) is 0 Å². The van der Waals surface area contributed by atoms with Gasteiger partial charge in [0.15, 0.2) is 7.85 Å². The molecule has 6 aliphatic rings. The molecule has 4 unspecified atom stereocenters. The zero-order valence-electron chi connectivity index (χ0n) is 50.1. The van der Waals surface area contributed by atoms with E-state index in [0.29, 0.717) is 11.8 Å². The molecule has 6 aliphatic carbocycles. The third-order valence-electron chi connectivity index (χ3n) is 21.4. The van der Waals surface area contributed by atoms with Crippen molar-refractivity contribution in [3.05, 3.63) is 145 Å². The molecule has 2 fully saturated rings. The van der Waals surface area contributed by atoms with Crippen LogP contribution in [0, 0.1) is 40.4 Å². The number of rotatable bonds is 6. The fourth-order valence-electron chi connectivity index (χ4n) is 16.3.